The van der Waals surface area contributed by atoms with Crippen LogP contribution in [-0.2, 0) is 6.54 Å². The van der Waals surface area contributed by atoms with Gasteiger partial charge in [-0.25, -0.2) is 0 Å². The van der Waals surface area contributed by atoms with Gasteiger partial charge in [-0.1, -0.05) is 31.9 Å². The van der Waals surface area contributed by atoms with Crippen molar-refractivity contribution in [3.63, 3.8) is 0 Å². The van der Waals surface area contributed by atoms with E-state index < -0.39 is 0 Å². The van der Waals surface area contributed by atoms with Crippen molar-refractivity contribution >= 4 is 0 Å². The van der Waals surface area contributed by atoms with Crippen LogP contribution in [0.3, 0.4) is 0 Å². The zero-order chi connectivity index (χ0) is 12.8. The first kappa shape index (κ1) is 13.1. The van der Waals surface area contributed by atoms with Gasteiger partial charge in [0.05, 0.1) is 11.6 Å². The number of likely N-dealkylation sites (tertiary alicyclic amines) is 1. The molecule has 0 N–H and O–H groups in total. The van der Waals surface area contributed by atoms with Gasteiger partial charge in [0.2, 0.25) is 0 Å². The molecule has 0 bridgehead atoms. The molecule has 1 unspecified atom stereocenters. The molecule has 2 nitrogen and oxygen atoms in total. The topological polar surface area (TPSA) is 27.0 Å². The molecule has 18 heavy (non-hydrogen) atoms. The van der Waals surface area contributed by atoms with Gasteiger partial charge < -0.3 is 0 Å². The zero-order valence-electron chi connectivity index (χ0n) is 11.2. The summed E-state index contributed by atoms with van der Waals surface area (Å²) in [4.78, 5) is 2.62. The Kier molecular flexibility index (Phi) is 4.78. The number of hydrogen-bond donors (Lipinski definition) is 0. The standard InChI is InChI=1S/C16H22N2/c1-2-5-16-6-3-4-11-18(16)13-15-9-7-14(12-17)8-10-15/h7-10,16H,2-6,11,13H2,1H3. The fourth-order valence-electron chi connectivity index (χ4n) is 2.85. The first-order chi connectivity index (χ1) is 8.83. The van der Waals surface area contributed by atoms with E-state index in [1.807, 2.05) is 12.1 Å². The monoisotopic (exact) mass is 242 g/mol. The Morgan fingerprint density at radius 2 is 2.06 bits per heavy atom. The van der Waals surface area contributed by atoms with Crippen LogP contribution in [0.5, 0.6) is 0 Å². The highest BCUT2D eigenvalue weighted by molar-refractivity contribution is 5.31. The lowest BCUT2D eigenvalue weighted by Gasteiger charge is -2.35. The summed E-state index contributed by atoms with van der Waals surface area (Å²) in [6, 6.07) is 11.0. The number of benzene rings is 1. The normalized spacial score (nSPS) is 20.6. The Balaban J connectivity index is 1.99. The highest BCUT2D eigenvalue weighted by Crippen LogP contribution is 2.22. The van der Waals surface area contributed by atoms with E-state index in [0.717, 1.165) is 18.2 Å². The van der Waals surface area contributed by atoms with Crippen LogP contribution in [0.25, 0.3) is 0 Å². The van der Waals surface area contributed by atoms with Crippen molar-refractivity contribution < 1.29 is 0 Å². The van der Waals surface area contributed by atoms with Gasteiger partial charge in [-0.2, -0.15) is 5.26 Å². The molecule has 1 fully saturated rings. The summed E-state index contributed by atoms with van der Waals surface area (Å²) in [5.74, 6) is 0. The SMILES string of the molecule is CCCC1CCCCN1Cc1ccc(C#N)cc1. The average Bonchev–Trinajstić information content (AvgIpc) is 2.42. The maximum Gasteiger partial charge on any atom is 0.0991 e. The van der Waals surface area contributed by atoms with Gasteiger partial charge >= 0.3 is 0 Å². The third-order valence-electron chi connectivity index (χ3n) is 3.84. The van der Waals surface area contributed by atoms with E-state index in [1.54, 1.807) is 0 Å². The van der Waals surface area contributed by atoms with Gasteiger partial charge in [0.25, 0.3) is 0 Å². The van der Waals surface area contributed by atoms with Crippen LogP contribution in [-0.4, -0.2) is 17.5 Å². The minimum Gasteiger partial charge on any atom is -0.296 e. The Labute approximate surface area is 110 Å². The van der Waals surface area contributed by atoms with Gasteiger partial charge in [-0.3, -0.25) is 4.90 Å². The predicted octanol–water partition coefficient (Wildman–Crippen LogP) is 3.71. The Bertz CT molecular complexity index is 400. The molecule has 0 amide bonds. The summed E-state index contributed by atoms with van der Waals surface area (Å²) in [7, 11) is 0. The van der Waals surface area contributed by atoms with Crippen LogP contribution in [0.1, 0.15) is 50.2 Å². The van der Waals surface area contributed by atoms with Crippen LogP contribution in [0.15, 0.2) is 24.3 Å². The molecular weight excluding hydrogens is 220 g/mol. The van der Waals surface area contributed by atoms with Gasteiger partial charge in [-0.15, -0.1) is 0 Å². The minimum absolute atomic E-state index is 0.752. The van der Waals surface area contributed by atoms with Gasteiger partial charge in [-0.05, 0) is 43.5 Å². The van der Waals surface area contributed by atoms with Crippen molar-refractivity contribution in [2.75, 3.05) is 6.54 Å². The van der Waals surface area contributed by atoms with E-state index in [2.05, 4.69) is 30.0 Å². The van der Waals surface area contributed by atoms with Crippen molar-refractivity contribution in [2.45, 2.75) is 51.6 Å². The summed E-state index contributed by atoms with van der Waals surface area (Å²) < 4.78 is 0. The Morgan fingerprint density at radius 3 is 2.72 bits per heavy atom. The lowest BCUT2D eigenvalue weighted by atomic mass is 9.97. The summed E-state index contributed by atoms with van der Waals surface area (Å²) in [6.07, 6.45) is 6.65. The van der Waals surface area contributed by atoms with Crippen molar-refractivity contribution in [3.05, 3.63) is 35.4 Å². The van der Waals surface area contributed by atoms with Crippen molar-refractivity contribution in [3.8, 4) is 6.07 Å². The van der Waals surface area contributed by atoms with E-state index in [0.29, 0.717) is 0 Å². The Morgan fingerprint density at radius 1 is 1.28 bits per heavy atom. The zero-order valence-corrected chi connectivity index (χ0v) is 11.2. The fraction of sp³-hybridized carbons (Fsp3) is 0.562. The molecule has 1 aliphatic heterocycles. The maximum atomic E-state index is 8.80. The second-order valence-electron chi connectivity index (χ2n) is 5.22. The van der Waals surface area contributed by atoms with E-state index in [9.17, 15) is 0 Å². The molecule has 1 aromatic rings. The van der Waals surface area contributed by atoms with E-state index in [1.165, 1.54) is 44.2 Å². The number of nitriles is 1. The third kappa shape index (κ3) is 3.34. The highest BCUT2D eigenvalue weighted by Gasteiger charge is 2.21. The molecule has 1 heterocycles. The van der Waals surface area contributed by atoms with Crippen molar-refractivity contribution in [1.82, 2.24) is 4.90 Å². The summed E-state index contributed by atoms with van der Waals surface area (Å²) >= 11 is 0. The molecule has 0 aliphatic carbocycles. The number of hydrogen-bond acceptors (Lipinski definition) is 2. The van der Waals surface area contributed by atoms with E-state index in [4.69, 9.17) is 5.26 Å². The minimum atomic E-state index is 0.752. The second-order valence-corrected chi connectivity index (χ2v) is 5.22. The fourth-order valence-corrected chi connectivity index (χ4v) is 2.85. The largest absolute Gasteiger partial charge is 0.296 e. The molecule has 1 atom stereocenters. The number of nitrogens with zero attached hydrogens (tertiary/aromatic N) is 2. The number of rotatable bonds is 4. The average molecular weight is 242 g/mol. The van der Waals surface area contributed by atoms with Gasteiger partial charge in [0.1, 0.15) is 0 Å². The van der Waals surface area contributed by atoms with Gasteiger partial charge in [0.15, 0.2) is 0 Å². The summed E-state index contributed by atoms with van der Waals surface area (Å²) in [5.41, 5.74) is 2.08. The van der Waals surface area contributed by atoms with Crippen LogP contribution in [0.2, 0.25) is 0 Å². The molecule has 2 rings (SSSR count). The molecule has 0 spiro atoms. The van der Waals surface area contributed by atoms with Gasteiger partial charge in [0, 0.05) is 12.6 Å². The lowest BCUT2D eigenvalue weighted by molar-refractivity contribution is 0.131. The molecule has 1 aromatic carbocycles. The highest BCUT2D eigenvalue weighted by atomic mass is 15.2. The van der Waals surface area contributed by atoms with Crippen LogP contribution >= 0.6 is 0 Å². The van der Waals surface area contributed by atoms with Crippen LogP contribution < -0.4 is 0 Å². The summed E-state index contributed by atoms with van der Waals surface area (Å²) in [6.45, 7) is 4.54. The van der Waals surface area contributed by atoms with E-state index >= 15 is 0 Å². The molecule has 0 aromatic heterocycles. The molecule has 96 valence electrons. The molecule has 0 saturated carbocycles. The molecule has 1 saturated heterocycles. The molecule has 2 heteroatoms. The van der Waals surface area contributed by atoms with Crippen molar-refractivity contribution in [1.29, 1.82) is 5.26 Å². The molecule has 1 aliphatic rings. The van der Waals surface area contributed by atoms with Crippen LogP contribution in [0, 0.1) is 11.3 Å². The quantitative estimate of drug-likeness (QED) is 0.804. The lowest BCUT2D eigenvalue weighted by Crippen LogP contribution is -2.38. The molecular formula is C16H22N2. The summed E-state index contributed by atoms with van der Waals surface area (Å²) in [5, 5.41) is 8.80. The first-order valence-electron chi connectivity index (χ1n) is 7.06. The van der Waals surface area contributed by atoms with Crippen molar-refractivity contribution in [2.24, 2.45) is 0 Å². The van der Waals surface area contributed by atoms with E-state index in [-0.39, 0.29) is 0 Å². The van der Waals surface area contributed by atoms with Crippen LogP contribution in [0.4, 0.5) is 0 Å². The maximum absolute atomic E-state index is 8.80. The number of piperidine rings is 1. The third-order valence-corrected chi connectivity index (χ3v) is 3.84. The first-order valence-corrected chi connectivity index (χ1v) is 7.06. The predicted molar refractivity (Wildman–Crippen MR) is 74.1 cm³/mol. The molecule has 0 radical (unpaired) electrons. The smallest absolute Gasteiger partial charge is 0.0991 e. The Hall–Kier alpha value is -1.33. The second kappa shape index (κ2) is 6.56.